The molecule has 1 aromatic heterocycles. The Hall–Kier alpha value is -3.34. The number of anilines is 1. The van der Waals surface area contributed by atoms with Gasteiger partial charge in [-0.05, 0) is 35.9 Å². The first-order valence-corrected chi connectivity index (χ1v) is 8.05. The van der Waals surface area contributed by atoms with E-state index in [4.69, 9.17) is 4.74 Å². The van der Waals surface area contributed by atoms with Crippen LogP contribution in [-0.4, -0.2) is 28.9 Å². The van der Waals surface area contributed by atoms with Crippen molar-refractivity contribution in [2.24, 2.45) is 0 Å². The standard InChI is InChI=1S/C20H18N4O/c1-23(2)16-10-7-15(8-11-16)9-12-19-21-20-17-5-3-4-6-18(17)25-14-13-24(20)22-19/h3-14H,1-2H3. The van der Waals surface area contributed by atoms with E-state index >= 15 is 0 Å². The molecule has 0 unspecified atom stereocenters. The van der Waals surface area contributed by atoms with Crippen LogP contribution in [0.3, 0.4) is 0 Å². The Bertz CT molecular complexity index is 952. The van der Waals surface area contributed by atoms with Gasteiger partial charge in [-0.15, -0.1) is 5.10 Å². The molecular formula is C20H18N4O. The summed E-state index contributed by atoms with van der Waals surface area (Å²) < 4.78 is 7.32. The van der Waals surface area contributed by atoms with Crippen LogP contribution in [0.5, 0.6) is 5.75 Å². The number of nitrogens with zero attached hydrogens (tertiary/aromatic N) is 4. The molecule has 0 spiro atoms. The molecule has 5 nitrogen and oxygen atoms in total. The number of hydrogen-bond donors (Lipinski definition) is 0. The van der Waals surface area contributed by atoms with Crippen molar-refractivity contribution in [3.05, 3.63) is 66.2 Å². The lowest BCUT2D eigenvalue weighted by Gasteiger charge is -2.11. The van der Waals surface area contributed by atoms with Gasteiger partial charge in [0.2, 0.25) is 0 Å². The molecule has 5 heteroatoms. The van der Waals surface area contributed by atoms with Gasteiger partial charge in [0.15, 0.2) is 11.6 Å². The van der Waals surface area contributed by atoms with Crippen molar-refractivity contribution >= 4 is 24.0 Å². The smallest absolute Gasteiger partial charge is 0.175 e. The highest BCUT2D eigenvalue weighted by atomic mass is 16.5. The van der Waals surface area contributed by atoms with E-state index in [1.54, 1.807) is 17.1 Å². The first-order valence-electron chi connectivity index (χ1n) is 8.05. The molecular weight excluding hydrogens is 312 g/mol. The van der Waals surface area contributed by atoms with Gasteiger partial charge in [-0.3, -0.25) is 0 Å². The molecule has 0 atom stereocenters. The predicted molar refractivity (Wildman–Crippen MR) is 101 cm³/mol. The van der Waals surface area contributed by atoms with Crippen molar-refractivity contribution in [1.82, 2.24) is 14.8 Å². The topological polar surface area (TPSA) is 43.2 Å². The summed E-state index contributed by atoms with van der Waals surface area (Å²) in [5, 5.41) is 4.51. The molecule has 1 aliphatic rings. The highest BCUT2D eigenvalue weighted by Gasteiger charge is 2.15. The van der Waals surface area contributed by atoms with E-state index < -0.39 is 0 Å². The van der Waals surface area contributed by atoms with Crippen LogP contribution >= 0.6 is 0 Å². The van der Waals surface area contributed by atoms with Crippen LogP contribution in [0, 0.1) is 0 Å². The number of rotatable bonds is 3. The third kappa shape index (κ3) is 3.04. The van der Waals surface area contributed by atoms with Crippen molar-refractivity contribution in [1.29, 1.82) is 0 Å². The number of fused-ring (bicyclic) bond motifs is 3. The van der Waals surface area contributed by atoms with Crippen LogP contribution in [0.25, 0.3) is 29.7 Å². The highest BCUT2D eigenvalue weighted by molar-refractivity contribution is 5.71. The maximum absolute atomic E-state index is 5.59. The second-order valence-electron chi connectivity index (χ2n) is 5.96. The van der Waals surface area contributed by atoms with E-state index in [0.717, 1.165) is 22.7 Å². The molecule has 0 amide bonds. The second-order valence-corrected chi connectivity index (χ2v) is 5.96. The molecule has 3 aromatic rings. The van der Waals surface area contributed by atoms with Gasteiger partial charge in [-0.2, -0.15) is 0 Å². The number of ether oxygens (including phenoxy) is 1. The van der Waals surface area contributed by atoms with Gasteiger partial charge in [-0.25, -0.2) is 9.67 Å². The molecule has 1 aliphatic heterocycles. The summed E-state index contributed by atoms with van der Waals surface area (Å²) in [6.45, 7) is 0. The zero-order valence-corrected chi connectivity index (χ0v) is 14.1. The summed E-state index contributed by atoms with van der Waals surface area (Å²) in [5.41, 5.74) is 3.20. The summed E-state index contributed by atoms with van der Waals surface area (Å²) in [7, 11) is 4.06. The lowest BCUT2D eigenvalue weighted by Crippen LogP contribution is -2.07. The summed E-state index contributed by atoms with van der Waals surface area (Å²) >= 11 is 0. The summed E-state index contributed by atoms with van der Waals surface area (Å²) in [4.78, 5) is 6.72. The van der Waals surface area contributed by atoms with E-state index in [2.05, 4.69) is 39.2 Å². The van der Waals surface area contributed by atoms with Crippen LogP contribution in [0.1, 0.15) is 11.4 Å². The average molecular weight is 330 g/mol. The van der Waals surface area contributed by atoms with E-state index in [1.807, 2.05) is 50.5 Å². The van der Waals surface area contributed by atoms with Crippen LogP contribution < -0.4 is 9.64 Å². The Morgan fingerprint density at radius 1 is 1.00 bits per heavy atom. The monoisotopic (exact) mass is 330 g/mol. The van der Waals surface area contributed by atoms with Crippen LogP contribution in [-0.2, 0) is 0 Å². The van der Waals surface area contributed by atoms with Crippen molar-refractivity contribution in [3.8, 4) is 17.1 Å². The number of aromatic nitrogens is 3. The van der Waals surface area contributed by atoms with Crippen molar-refractivity contribution in [3.63, 3.8) is 0 Å². The Kier molecular flexibility index (Phi) is 3.82. The molecule has 2 aromatic carbocycles. The zero-order valence-electron chi connectivity index (χ0n) is 14.1. The molecule has 0 saturated heterocycles. The molecule has 0 bridgehead atoms. The first-order chi connectivity index (χ1) is 12.2. The van der Waals surface area contributed by atoms with Gasteiger partial charge in [0, 0.05) is 19.8 Å². The van der Waals surface area contributed by atoms with E-state index in [9.17, 15) is 0 Å². The lowest BCUT2D eigenvalue weighted by molar-refractivity contribution is 0.487. The second kappa shape index (κ2) is 6.28. The third-order valence-corrected chi connectivity index (χ3v) is 4.01. The van der Waals surface area contributed by atoms with Crippen LogP contribution in [0.4, 0.5) is 5.69 Å². The molecule has 0 fully saturated rings. The van der Waals surface area contributed by atoms with Gasteiger partial charge in [0.05, 0.1) is 11.8 Å². The average Bonchev–Trinajstić information content (AvgIpc) is 2.96. The fraction of sp³-hybridized carbons (Fsp3) is 0.100. The maximum Gasteiger partial charge on any atom is 0.175 e. The van der Waals surface area contributed by atoms with Gasteiger partial charge < -0.3 is 9.64 Å². The van der Waals surface area contributed by atoms with E-state index in [1.165, 1.54) is 5.69 Å². The van der Waals surface area contributed by atoms with Crippen LogP contribution in [0.2, 0.25) is 0 Å². The maximum atomic E-state index is 5.59. The Labute approximate surface area is 146 Å². The molecule has 0 aliphatic carbocycles. The van der Waals surface area contributed by atoms with Crippen molar-refractivity contribution in [2.75, 3.05) is 19.0 Å². The quantitative estimate of drug-likeness (QED) is 0.728. The number of hydrogen-bond acceptors (Lipinski definition) is 4. The third-order valence-electron chi connectivity index (χ3n) is 4.01. The van der Waals surface area contributed by atoms with Crippen LogP contribution in [0.15, 0.2) is 54.8 Å². The van der Waals surface area contributed by atoms with Gasteiger partial charge in [0.25, 0.3) is 0 Å². The lowest BCUT2D eigenvalue weighted by atomic mass is 10.2. The minimum atomic E-state index is 0.660. The molecule has 4 rings (SSSR count). The predicted octanol–water partition coefficient (Wildman–Crippen LogP) is 4.00. The minimum Gasteiger partial charge on any atom is -0.463 e. The SMILES string of the molecule is CN(C)c1ccc(C=Cc2nc3n(n2)C=COc2ccccc2-3)cc1. The first kappa shape index (κ1) is 15.2. The molecule has 124 valence electrons. The van der Waals surface area contributed by atoms with Gasteiger partial charge in [-0.1, -0.05) is 30.3 Å². The number of benzene rings is 2. The summed E-state index contributed by atoms with van der Waals surface area (Å²) in [5.74, 6) is 2.21. The molecule has 0 saturated carbocycles. The van der Waals surface area contributed by atoms with Gasteiger partial charge >= 0.3 is 0 Å². The summed E-state index contributed by atoms with van der Waals surface area (Å²) in [6, 6.07) is 16.1. The Balaban J connectivity index is 1.63. The molecule has 25 heavy (non-hydrogen) atoms. The normalized spacial score (nSPS) is 12.4. The fourth-order valence-corrected chi connectivity index (χ4v) is 2.67. The largest absolute Gasteiger partial charge is 0.463 e. The zero-order chi connectivity index (χ0) is 17.2. The number of para-hydroxylation sites is 1. The Morgan fingerprint density at radius 3 is 2.60 bits per heavy atom. The van der Waals surface area contributed by atoms with E-state index in [0.29, 0.717) is 5.82 Å². The Morgan fingerprint density at radius 2 is 1.80 bits per heavy atom. The molecule has 0 radical (unpaired) electrons. The molecule has 0 N–H and O–H groups in total. The minimum absolute atomic E-state index is 0.660. The van der Waals surface area contributed by atoms with E-state index in [-0.39, 0.29) is 0 Å². The van der Waals surface area contributed by atoms with Crippen molar-refractivity contribution in [2.45, 2.75) is 0 Å². The molecule has 2 heterocycles. The van der Waals surface area contributed by atoms with Gasteiger partial charge in [0.1, 0.15) is 12.0 Å². The summed E-state index contributed by atoms with van der Waals surface area (Å²) in [6.07, 6.45) is 7.33. The fourth-order valence-electron chi connectivity index (χ4n) is 2.67. The highest BCUT2D eigenvalue weighted by Crippen LogP contribution is 2.31. The van der Waals surface area contributed by atoms with Crippen molar-refractivity contribution < 1.29 is 4.74 Å².